The standard InChI is InChI=1S/C13H15ClFN3/c1-2-7-18-12(16-17-13(18)9-14)8-10-5-3-4-6-11(10)15/h3-6H,2,7-9H2,1H3. The normalized spacial score (nSPS) is 10.8. The van der Waals surface area contributed by atoms with E-state index in [0.717, 1.165) is 24.6 Å². The molecule has 0 saturated carbocycles. The summed E-state index contributed by atoms with van der Waals surface area (Å²) < 4.78 is 15.6. The second kappa shape index (κ2) is 5.96. The molecule has 0 aliphatic heterocycles. The Morgan fingerprint density at radius 2 is 1.94 bits per heavy atom. The molecule has 2 rings (SSSR count). The zero-order valence-corrected chi connectivity index (χ0v) is 11.0. The summed E-state index contributed by atoms with van der Waals surface area (Å²) in [5.41, 5.74) is 0.628. The van der Waals surface area contributed by atoms with Crippen LogP contribution >= 0.6 is 11.6 Å². The fraction of sp³-hybridized carbons (Fsp3) is 0.385. The van der Waals surface area contributed by atoms with Crippen LogP contribution in [0.1, 0.15) is 30.6 Å². The summed E-state index contributed by atoms with van der Waals surface area (Å²) in [6, 6.07) is 6.72. The second-order valence-corrected chi connectivity index (χ2v) is 4.35. The first kappa shape index (κ1) is 13.0. The molecule has 0 aliphatic carbocycles. The number of hydrogen-bond donors (Lipinski definition) is 0. The minimum absolute atomic E-state index is 0.212. The minimum atomic E-state index is -0.212. The van der Waals surface area contributed by atoms with E-state index >= 15 is 0 Å². The number of hydrogen-bond acceptors (Lipinski definition) is 2. The smallest absolute Gasteiger partial charge is 0.147 e. The molecule has 0 spiro atoms. The molecule has 3 nitrogen and oxygen atoms in total. The number of halogens is 2. The maximum absolute atomic E-state index is 13.6. The molecule has 0 radical (unpaired) electrons. The van der Waals surface area contributed by atoms with Gasteiger partial charge in [0.25, 0.3) is 0 Å². The van der Waals surface area contributed by atoms with Gasteiger partial charge in [-0.25, -0.2) is 4.39 Å². The highest BCUT2D eigenvalue weighted by atomic mass is 35.5. The summed E-state index contributed by atoms with van der Waals surface area (Å²) in [7, 11) is 0. The maximum atomic E-state index is 13.6. The van der Waals surface area contributed by atoms with E-state index < -0.39 is 0 Å². The van der Waals surface area contributed by atoms with Crippen molar-refractivity contribution in [3.8, 4) is 0 Å². The molecule has 2 aromatic rings. The Balaban J connectivity index is 2.29. The zero-order valence-electron chi connectivity index (χ0n) is 10.2. The first-order valence-corrected chi connectivity index (χ1v) is 6.50. The van der Waals surface area contributed by atoms with E-state index in [4.69, 9.17) is 11.6 Å². The highest BCUT2D eigenvalue weighted by Crippen LogP contribution is 2.14. The third-order valence-corrected chi connectivity index (χ3v) is 3.02. The van der Waals surface area contributed by atoms with Crippen LogP contribution in [0.5, 0.6) is 0 Å². The molecule has 96 valence electrons. The van der Waals surface area contributed by atoms with Crippen molar-refractivity contribution in [2.75, 3.05) is 0 Å². The molecule has 1 aromatic heterocycles. The molecule has 1 heterocycles. The highest BCUT2D eigenvalue weighted by molar-refractivity contribution is 6.16. The fourth-order valence-electron chi connectivity index (χ4n) is 1.90. The van der Waals surface area contributed by atoms with E-state index in [1.54, 1.807) is 12.1 Å². The van der Waals surface area contributed by atoms with E-state index in [1.165, 1.54) is 6.07 Å². The molecule has 1 aromatic carbocycles. The number of rotatable bonds is 5. The number of benzene rings is 1. The Kier molecular flexibility index (Phi) is 4.31. The van der Waals surface area contributed by atoms with Crippen molar-refractivity contribution in [2.45, 2.75) is 32.2 Å². The van der Waals surface area contributed by atoms with Gasteiger partial charge < -0.3 is 4.57 Å². The monoisotopic (exact) mass is 267 g/mol. The van der Waals surface area contributed by atoms with Gasteiger partial charge in [0.2, 0.25) is 0 Å². The van der Waals surface area contributed by atoms with Crippen LogP contribution in [0, 0.1) is 5.82 Å². The van der Waals surface area contributed by atoms with Gasteiger partial charge in [-0.3, -0.25) is 0 Å². The van der Waals surface area contributed by atoms with Crippen LogP contribution < -0.4 is 0 Å². The van der Waals surface area contributed by atoms with Gasteiger partial charge in [0, 0.05) is 13.0 Å². The summed E-state index contributed by atoms with van der Waals surface area (Å²) in [5, 5.41) is 8.14. The van der Waals surface area contributed by atoms with Crippen LogP contribution in [0.3, 0.4) is 0 Å². The molecular weight excluding hydrogens is 253 g/mol. The Morgan fingerprint density at radius 1 is 1.22 bits per heavy atom. The molecule has 0 aliphatic rings. The van der Waals surface area contributed by atoms with Crippen LogP contribution in [0.2, 0.25) is 0 Å². The van der Waals surface area contributed by atoms with Gasteiger partial charge in [-0.15, -0.1) is 21.8 Å². The van der Waals surface area contributed by atoms with Crippen molar-refractivity contribution in [1.29, 1.82) is 0 Å². The van der Waals surface area contributed by atoms with Gasteiger partial charge in [0.05, 0.1) is 5.88 Å². The van der Waals surface area contributed by atoms with E-state index in [9.17, 15) is 4.39 Å². The topological polar surface area (TPSA) is 30.7 Å². The number of alkyl halides is 1. The molecule has 0 unspecified atom stereocenters. The molecular formula is C13H15ClFN3. The third-order valence-electron chi connectivity index (χ3n) is 2.78. The molecule has 0 atom stereocenters. The highest BCUT2D eigenvalue weighted by Gasteiger charge is 2.12. The molecule has 18 heavy (non-hydrogen) atoms. The summed E-state index contributed by atoms with van der Waals surface area (Å²) in [6.45, 7) is 2.88. The summed E-state index contributed by atoms with van der Waals surface area (Å²) in [6.07, 6.45) is 1.41. The minimum Gasteiger partial charge on any atom is -0.314 e. The van der Waals surface area contributed by atoms with Crippen LogP contribution in [-0.4, -0.2) is 14.8 Å². The molecule has 5 heteroatoms. The summed E-state index contributed by atoms with van der Waals surface area (Å²) in [5.74, 6) is 1.61. The van der Waals surface area contributed by atoms with E-state index in [0.29, 0.717) is 17.9 Å². The van der Waals surface area contributed by atoms with Gasteiger partial charge in [0.15, 0.2) is 0 Å². The van der Waals surface area contributed by atoms with E-state index in [2.05, 4.69) is 17.1 Å². The van der Waals surface area contributed by atoms with Crippen LogP contribution in [0.15, 0.2) is 24.3 Å². The molecule has 0 bridgehead atoms. The molecule has 0 N–H and O–H groups in total. The van der Waals surface area contributed by atoms with Crippen molar-refractivity contribution < 1.29 is 4.39 Å². The van der Waals surface area contributed by atoms with Crippen molar-refractivity contribution in [3.05, 3.63) is 47.3 Å². The SMILES string of the molecule is CCCn1c(CCl)nnc1Cc1ccccc1F. The largest absolute Gasteiger partial charge is 0.314 e. The van der Waals surface area contributed by atoms with Crippen LogP contribution in [0.4, 0.5) is 4.39 Å². The lowest BCUT2D eigenvalue weighted by Gasteiger charge is -2.08. The van der Waals surface area contributed by atoms with Crippen molar-refractivity contribution in [2.24, 2.45) is 0 Å². The van der Waals surface area contributed by atoms with Crippen molar-refractivity contribution in [1.82, 2.24) is 14.8 Å². The first-order chi connectivity index (χ1) is 8.76. The number of nitrogens with zero attached hydrogens (tertiary/aromatic N) is 3. The number of aromatic nitrogens is 3. The zero-order chi connectivity index (χ0) is 13.0. The van der Waals surface area contributed by atoms with Gasteiger partial charge >= 0.3 is 0 Å². The average molecular weight is 268 g/mol. The quantitative estimate of drug-likeness (QED) is 0.779. The predicted octanol–water partition coefficient (Wildman–Crippen LogP) is 3.16. The molecule has 0 amide bonds. The lowest BCUT2D eigenvalue weighted by Crippen LogP contribution is -2.08. The second-order valence-electron chi connectivity index (χ2n) is 4.09. The van der Waals surface area contributed by atoms with E-state index in [-0.39, 0.29) is 5.82 Å². The Hall–Kier alpha value is -1.42. The first-order valence-electron chi connectivity index (χ1n) is 5.96. The van der Waals surface area contributed by atoms with Crippen molar-refractivity contribution >= 4 is 11.6 Å². The van der Waals surface area contributed by atoms with Crippen LogP contribution in [-0.2, 0) is 18.8 Å². The summed E-state index contributed by atoms with van der Waals surface area (Å²) in [4.78, 5) is 0. The third kappa shape index (κ3) is 2.70. The van der Waals surface area contributed by atoms with Crippen LogP contribution in [0.25, 0.3) is 0 Å². The summed E-state index contributed by atoms with van der Waals surface area (Å²) >= 11 is 5.82. The van der Waals surface area contributed by atoms with Gasteiger partial charge in [-0.2, -0.15) is 0 Å². The Bertz CT molecular complexity index is 525. The van der Waals surface area contributed by atoms with Crippen molar-refractivity contribution in [3.63, 3.8) is 0 Å². The molecule has 0 saturated heterocycles. The average Bonchev–Trinajstić information content (AvgIpc) is 2.75. The lowest BCUT2D eigenvalue weighted by atomic mass is 10.1. The van der Waals surface area contributed by atoms with Gasteiger partial charge in [0.1, 0.15) is 17.5 Å². The Morgan fingerprint density at radius 3 is 2.61 bits per heavy atom. The lowest BCUT2D eigenvalue weighted by molar-refractivity contribution is 0.598. The van der Waals surface area contributed by atoms with E-state index in [1.807, 2.05) is 10.6 Å². The molecule has 0 fully saturated rings. The van der Waals surface area contributed by atoms with Gasteiger partial charge in [-0.1, -0.05) is 25.1 Å². The Labute approximate surface area is 111 Å². The predicted molar refractivity (Wildman–Crippen MR) is 69.1 cm³/mol. The van der Waals surface area contributed by atoms with Gasteiger partial charge in [-0.05, 0) is 18.1 Å². The fourth-order valence-corrected chi connectivity index (χ4v) is 2.09. The maximum Gasteiger partial charge on any atom is 0.147 e.